The quantitative estimate of drug-likeness (QED) is 0.870. The molecule has 1 aromatic carbocycles. The molecule has 1 aliphatic rings. The van der Waals surface area contributed by atoms with Crippen LogP contribution in [0.2, 0.25) is 0 Å². The van der Waals surface area contributed by atoms with E-state index in [0.29, 0.717) is 18.0 Å². The van der Waals surface area contributed by atoms with Gasteiger partial charge in [-0.1, -0.05) is 12.1 Å². The maximum Gasteiger partial charge on any atom is 0.267 e. The van der Waals surface area contributed by atoms with Crippen LogP contribution in [0.15, 0.2) is 47.1 Å². The van der Waals surface area contributed by atoms with Gasteiger partial charge in [0, 0.05) is 7.05 Å². The number of nitrogens with zero attached hydrogens (tertiary/aromatic N) is 1. The van der Waals surface area contributed by atoms with Crippen LogP contribution in [0.1, 0.15) is 12.7 Å². The molecule has 2 aromatic rings. The Morgan fingerprint density at radius 1 is 1.14 bits per heavy atom. The van der Waals surface area contributed by atoms with Crippen molar-refractivity contribution in [3.05, 3.63) is 48.4 Å². The predicted molar refractivity (Wildman–Crippen MR) is 76.1 cm³/mol. The molecule has 0 N–H and O–H groups in total. The Morgan fingerprint density at radius 2 is 1.86 bits per heavy atom. The summed E-state index contributed by atoms with van der Waals surface area (Å²) >= 11 is 0. The number of fused-ring (bicyclic) bond motifs is 1. The topological polar surface area (TPSA) is 51.9 Å². The van der Waals surface area contributed by atoms with E-state index in [2.05, 4.69) is 0 Å². The minimum Gasteiger partial charge on any atom is -0.482 e. The third kappa shape index (κ3) is 2.72. The summed E-state index contributed by atoms with van der Waals surface area (Å²) in [5.41, 5.74) is 0. The number of likely N-dealkylation sites (N-methyl/N-ethyl adjacent to an activating group) is 1. The van der Waals surface area contributed by atoms with Crippen molar-refractivity contribution in [3.8, 4) is 11.5 Å². The Kier molecular flexibility index (Phi) is 3.56. The fourth-order valence-electron chi connectivity index (χ4n) is 2.32. The maximum atomic E-state index is 12.5. The highest BCUT2D eigenvalue weighted by atomic mass is 16.6. The van der Waals surface area contributed by atoms with E-state index in [1.807, 2.05) is 31.2 Å². The molecule has 2 heterocycles. The van der Waals surface area contributed by atoms with Crippen molar-refractivity contribution < 1.29 is 18.7 Å². The molecule has 1 amide bonds. The number of furan rings is 1. The largest absolute Gasteiger partial charge is 0.482 e. The van der Waals surface area contributed by atoms with Gasteiger partial charge in [-0.05, 0) is 31.2 Å². The normalized spacial score (nSPS) is 20.1. The minimum atomic E-state index is -0.653. The van der Waals surface area contributed by atoms with Gasteiger partial charge in [-0.3, -0.25) is 4.79 Å². The predicted octanol–water partition coefficient (Wildman–Crippen LogP) is 2.47. The molecule has 0 fully saturated rings. The zero-order chi connectivity index (χ0) is 14.8. The van der Waals surface area contributed by atoms with Gasteiger partial charge >= 0.3 is 0 Å². The highest BCUT2D eigenvalue weighted by molar-refractivity contribution is 5.82. The van der Waals surface area contributed by atoms with Gasteiger partial charge in [0.25, 0.3) is 5.91 Å². The summed E-state index contributed by atoms with van der Waals surface area (Å²) in [4.78, 5) is 14.1. The standard InChI is InChI=1S/C16H17NO4/c1-11-15(21-14-8-4-3-7-13(14)20-11)16(18)17(2)10-12-6-5-9-19-12/h3-9,11,15H,10H2,1-2H3. The number of amides is 1. The Morgan fingerprint density at radius 3 is 2.52 bits per heavy atom. The number of para-hydroxylation sites is 2. The summed E-state index contributed by atoms with van der Waals surface area (Å²) in [5, 5.41) is 0. The van der Waals surface area contributed by atoms with Crippen LogP contribution in [0.5, 0.6) is 11.5 Å². The lowest BCUT2D eigenvalue weighted by atomic mass is 10.1. The second-order valence-corrected chi connectivity index (χ2v) is 5.08. The Labute approximate surface area is 123 Å². The lowest BCUT2D eigenvalue weighted by Crippen LogP contribution is -2.49. The molecule has 5 nitrogen and oxygen atoms in total. The average Bonchev–Trinajstić information content (AvgIpc) is 2.98. The lowest BCUT2D eigenvalue weighted by molar-refractivity contribution is -0.143. The van der Waals surface area contributed by atoms with Crippen molar-refractivity contribution in [1.29, 1.82) is 0 Å². The SMILES string of the molecule is CC1Oc2ccccc2OC1C(=O)N(C)Cc1ccco1. The van der Waals surface area contributed by atoms with Gasteiger partial charge in [0.05, 0.1) is 12.8 Å². The van der Waals surface area contributed by atoms with Crippen molar-refractivity contribution in [2.75, 3.05) is 7.05 Å². The van der Waals surface area contributed by atoms with E-state index in [-0.39, 0.29) is 12.0 Å². The second-order valence-electron chi connectivity index (χ2n) is 5.08. The number of carbonyl (C=O) groups excluding carboxylic acids is 1. The van der Waals surface area contributed by atoms with Crippen LogP contribution in [0, 0.1) is 0 Å². The van der Waals surface area contributed by atoms with Crippen molar-refractivity contribution in [2.45, 2.75) is 25.7 Å². The van der Waals surface area contributed by atoms with Crippen molar-refractivity contribution in [1.82, 2.24) is 4.90 Å². The zero-order valence-electron chi connectivity index (χ0n) is 12.0. The van der Waals surface area contributed by atoms with E-state index in [9.17, 15) is 4.79 Å². The molecule has 5 heteroatoms. The first kappa shape index (κ1) is 13.5. The van der Waals surface area contributed by atoms with E-state index >= 15 is 0 Å². The van der Waals surface area contributed by atoms with Gasteiger partial charge in [-0.2, -0.15) is 0 Å². The van der Waals surface area contributed by atoms with Gasteiger partial charge < -0.3 is 18.8 Å². The first-order chi connectivity index (χ1) is 10.1. The number of benzene rings is 1. The molecule has 0 aliphatic carbocycles. The molecular formula is C16H17NO4. The number of hydrogen-bond acceptors (Lipinski definition) is 4. The molecule has 3 rings (SSSR count). The van der Waals surface area contributed by atoms with Gasteiger partial charge in [0.15, 0.2) is 11.5 Å². The molecular weight excluding hydrogens is 270 g/mol. The molecule has 0 spiro atoms. The molecule has 21 heavy (non-hydrogen) atoms. The number of carbonyl (C=O) groups is 1. The van der Waals surface area contributed by atoms with Crippen LogP contribution < -0.4 is 9.47 Å². The second kappa shape index (κ2) is 5.52. The molecule has 2 atom stereocenters. The van der Waals surface area contributed by atoms with E-state index in [4.69, 9.17) is 13.9 Å². The van der Waals surface area contributed by atoms with Gasteiger partial charge in [0.1, 0.15) is 11.9 Å². The van der Waals surface area contributed by atoms with Crippen LogP contribution >= 0.6 is 0 Å². The fourth-order valence-corrected chi connectivity index (χ4v) is 2.32. The summed E-state index contributed by atoms with van der Waals surface area (Å²) in [7, 11) is 1.72. The molecule has 110 valence electrons. The molecule has 1 aromatic heterocycles. The summed E-state index contributed by atoms with van der Waals surface area (Å²) in [5.74, 6) is 1.87. The third-order valence-electron chi connectivity index (χ3n) is 3.44. The van der Waals surface area contributed by atoms with Crippen LogP contribution in [0.3, 0.4) is 0 Å². The average molecular weight is 287 g/mol. The lowest BCUT2D eigenvalue weighted by Gasteiger charge is -2.33. The van der Waals surface area contributed by atoms with Crippen LogP contribution in [-0.2, 0) is 11.3 Å². The monoisotopic (exact) mass is 287 g/mol. The first-order valence-corrected chi connectivity index (χ1v) is 6.85. The molecule has 1 aliphatic heterocycles. The summed E-state index contributed by atoms with van der Waals surface area (Å²) in [6.07, 6.45) is 0.596. The molecule has 0 saturated heterocycles. The van der Waals surface area contributed by atoms with Crippen molar-refractivity contribution >= 4 is 5.91 Å². The summed E-state index contributed by atoms with van der Waals surface area (Å²) < 4.78 is 16.8. The molecule has 0 saturated carbocycles. The van der Waals surface area contributed by atoms with E-state index < -0.39 is 6.10 Å². The van der Waals surface area contributed by atoms with Gasteiger partial charge in [0.2, 0.25) is 6.10 Å². The molecule has 0 radical (unpaired) electrons. The Balaban J connectivity index is 1.73. The molecule has 0 bridgehead atoms. The fraction of sp³-hybridized carbons (Fsp3) is 0.312. The first-order valence-electron chi connectivity index (χ1n) is 6.85. The van der Waals surface area contributed by atoms with Crippen LogP contribution in [-0.4, -0.2) is 30.1 Å². The van der Waals surface area contributed by atoms with Gasteiger partial charge in [-0.15, -0.1) is 0 Å². The van der Waals surface area contributed by atoms with E-state index in [1.54, 1.807) is 30.3 Å². The summed E-state index contributed by atoms with van der Waals surface area (Å²) in [6, 6.07) is 11.0. The summed E-state index contributed by atoms with van der Waals surface area (Å²) in [6.45, 7) is 2.24. The van der Waals surface area contributed by atoms with E-state index in [0.717, 1.165) is 5.76 Å². The van der Waals surface area contributed by atoms with Crippen LogP contribution in [0.25, 0.3) is 0 Å². The van der Waals surface area contributed by atoms with E-state index in [1.165, 1.54) is 0 Å². The Bertz CT molecular complexity index is 623. The highest BCUT2D eigenvalue weighted by Gasteiger charge is 2.35. The number of hydrogen-bond donors (Lipinski definition) is 0. The van der Waals surface area contributed by atoms with Crippen molar-refractivity contribution in [3.63, 3.8) is 0 Å². The molecule has 2 unspecified atom stereocenters. The van der Waals surface area contributed by atoms with Crippen LogP contribution in [0.4, 0.5) is 0 Å². The third-order valence-corrected chi connectivity index (χ3v) is 3.44. The minimum absolute atomic E-state index is 0.131. The highest BCUT2D eigenvalue weighted by Crippen LogP contribution is 2.33. The maximum absolute atomic E-state index is 12.5. The van der Waals surface area contributed by atoms with Crippen molar-refractivity contribution in [2.24, 2.45) is 0 Å². The number of ether oxygens (including phenoxy) is 2. The Hall–Kier alpha value is -2.43. The smallest absolute Gasteiger partial charge is 0.267 e. The van der Waals surface area contributed by atoms with Gasteiger partial charge in [-0.25, -0.2) is 0 Å². The zero-order valence-corrected chi connectivity index (χ0v) is 12.0. The number of rotatable bonds is 3.